The molecule has 6 heteroatoms. The molecule has 0 aliphatic carbocycles. The quantitative estimate of drug-likeness (QED) is 0.837. The van der Waals surface area contributed by atoms with Crippen molar-refractivity contribution in [1.82, 2.24) is 10.2 Å². The summed E-state index contributed by atoms with van der Waals surface area (Å²) in [6, 6.07) is 14.3. The van der Waals surface area contributed by atoms with Crippen molar-refractivity contribution < 1.29 is 19.1 Å². The van der Waals surface area contributed by atoms with E-state index >= 15 is 0 Å². The highest BCUT2D eigenvalue weighted by Crippen LogP contribution is 2.25. The van der Waals surface area contributed by atoms with E-state index in [1.54, 1.807) is 45.5 Å². The molecule has 2 aromatic rings. The van der Waals surface area contributed by atoms with Gasteiger partial charge in [-0.05, 0) is 29.8 Å². The molecule has 0 spiro atoms. The van der Waals surface area contributed by atoms with Crippen LogP contribution < -0.4 is 14.8 Å². The average Bonchev–Trinajstić information content (AvgIpc) is 2.64. The highest BCUT2D eigenvalue weighted by atomic mass is 16.5. The second-order valence-electron chi connectivity index (χ2n) is 5.61. The summed E-state index contributed by atoms with van der Waals surface area (Å²) in [4.78, 5) is 25.3. The number of carbonyl (C=O) groups excluding carboxylic acids is 2. The maximum absolute atomic E-state index is 11.9. The van der Waals surface area contributed by atoms with Crippen molar-refractivity contribution >= 4 is 11.8 Å². The van der Waals surface area contributed by atoms with Gasteiger partial charge in [-0.3, -0.25) is 9.59 Å². The maximum atomic E-state index is 11.9. The zero-order valence-corrected chi connectivity index (χ0v) is 14.6. The molecular formula is C19H22N2O4. The molecule has 25 heavy (non-hydrogen) atoms. The van der Waals surface area contributed by atoms with E-state index in [4.69, 9.17) is 9.47 Å². The summed E-state index contributed by atoms with van der Waals surface area (Å²) in [5.41, 5.74) is 1.51. The van der Waals surface area contributed by atoms with Gasteiger partial charge < -0.3 is 19.7 Å². The van der Waals surface area contributed by atoms with Crippen LogP contribution >= 0.6 is 0 Å². The molecule has 132 valence electrons. The number of benzene rings is 2. The van der Waals surface area contributed by atoms with Gasteiger partial charge in [0.15, 0.2) is 18.1 Å². The van der Waals surface area contributed by atoms with Gasteiger partial charge in [0.1, 0.15) is 0 Å². The number of methoxy groups -OCH3 is 1. The third kappa shape index (κ3) is 5.24. The molecule has 0 aliphatic rings. The summed E-state index contributed by atoms with van der Waals surface area (Å²) >= 11 is 0. The van der Waals surface area contributed by atoms with Crippen LogP contribution in [-0.2, 0) is 11.3 Å². The number of hydrogen-bond acceptors (Lipinski definition) is 4. The fourth-order valence-corrected chi connectivity index (χ4v) is 2.16. The van der Waals surface area contributed by atoms with Crippen LogP contribution in [0.4, 0.5) is 0 Å². The van der Waals surface area contributed by atoms with Gasteiger partial charge >= 0.3 is 0 Å². The number of para-hydroxylation sites is 2. The number of nitrogens with one attached hydrogen (secondary N) is 1. The minimum atomic E-state index is -0.237. The van der Waals surface area contributed by atoms with Crippen molar-refractivity contribution in [1.29, 1.82) is 0 Å². The van der Waals surface area contributed by atoms with Crippen LogP contribution in [0.5, 0.6) is 11.5 Å². The molecule has 2 aromatic carbocycles. The minimum absolute atomic E-state index is 0.0548. The van der Waals surface area contributed by atoms with Crippen LogP contribution in [-0.4, -0.2) is 44.5 Å². The van der Waals surface area contributed by atoms with E-state index in [9.17, 15) is 9.59 Å². The van der Waals surface area contributed by atoms with E-state index in [0.717, 1.165) is 5.56 Å². The number of ether oxygens (including phenoxy) is 2. The van der Waals surface area contributed by atoms with Crippen LogP contribution in [0, 0.1) is 0 Å². The summed E-state index contributed by atoms with van der Waals surface area (Å²) in [5.74, 6) is 0.809. The van der Waals surface area contributed by atoms with E-state index in [1.165, 1.54) is 4.90 Å². The molecule has 0 aromatic heterocycles. The Morgan fingerprint density at radius 3 is 2.24 bits per heavy atom. The molecule has 0 heterocycles. The zero-order valence-electron chi connectivity index (χ0n) is 14.6. The normalized spacial score (nSPS) is 10.0. The maximum Gasteiger partial charge on any atom is 0.258 e. The first-order valence-electron chi connectivity index (χ1n) is 7.84. The third-order valence-corrected chi connectivity index (χ3v) is 3.52. The summed E-state index contributed by atoms with van der Waals surface area (Å²) < 4.78 is 10.6. The largest absolute Gasteiger partial charge is 0.493 e. The predicted molar refractivity (Wildman–Crippen MR) is 94.8 cm³/mol. The Morgan fingerprint density at radius 1 is 1.00 bits per heavy atom. The van der Waals surface area contributed by atoms with Gasteiger partial charge in [-0.25, -0.2) is 0 Å². The van der Waals surface area contributed by atoms with E-state index < -0.39 is 0 Å². The molecule has 0 fully saturated rings. The first-order valence-corrected chi connectivity index (χ1v) is 7.84. The Balaban J connectivity index is 1.83. The molecular weight excluding hydrogens is 320 g/mol. The zero-order chi connectivity index (χ0) is 18.2. The monoisotopic (exact) mass is 342 g/mol. The Bertz CT molecular complexity index is 726. The molecule has 0 saturated carbocycles. The molecule has 2 rings (SSSR count). The van der Waals surface area contributed by atoms with Crippen molar-refractivity contribution in [2.24, 2.45) is 0 Å². The number of nitrogens with zero attached hydrogens (tertiary/aromatic N) is 1. The van der Waals surface area contributed by atoms with Crippen molar-refractivity contribution in [2.75, 3.05) is 27.8 Å². The van der Waals surface area contributed by atoms with E-state index in [2.05, 4.69) is 5.32 Å². The van der Waals surface area contributed by atoms with E-state index in [0.29, 0.717) is 23.6 Å². The fourth-order valence-electron chi connectivity index (χ4n) is 2.16. The predicted octanol–water partition coefficient (Wildman–Crippen LogP) is 2.09. The Labute approximate surface area is 147 Å². The van der Waals surface area contributed by atoms with Crippen LogP contribution in [0.25, 0.3) is 0 Å². The van der Waals surface area contributed by atoms with Crippen molar-refractivity contribution in [3.05, 3.63) is 59.7 Å². The number of rotatable bonds is 7. The Hall–Kier alpha value is -3.02. The second-order valence-corrected chi connectivity index (χ2v) is 5.61. The lowest BCUT2D eigenvalue weighted by atomic mass is 10.1. The molecule has 0 atom stereocenters. The molecule has 0 radical (unpaired) electrons. The third-order valence-electron chi connectivity index (χ3n) is 3.52. The summed E-state index contributed by atoms with van der Waals surface area (Å²) in [6.07, 6.45) is 0. The number of carbonyl (C=O) groups is 2. The Morgan fingerprint density at radius 2 is 1.64 bits per heavy atom. The van der Waals surface area contributed by atoms with E-state index in [1.807, 2.05) is 24.3 Å². The van der Waals surface area contributed by atoms with Gasteiger partial charge in [0.05, 0.1) is 7.11 Å². The van der Waals surface area contributed by atoms with Gasteiger partial charge in [0.25, 0.3) is 11.8 Å². The number of amides is 2. The molecule has 0 saturated heterocycles. The molecule has 0 aliphatic heterocycles. The molecule has 0 unspecified atom stereocenters. The SMILES string of the molecule is COc1ccccc1OCC(=O)NCc1ccc(C(=O)N(C)C)cc1. The smallest absolute Gasteiger partial charge is 0.258 e. The average molecular weight is 342 g/mol. The highest BCUT2D eigenvalue weighted by molar-refractivity contribution is 5.93. The Kier molecular flexibility index (Phi) is 6.39. The fraction of sp³-hybridized carbons (Fsp3) is 0.263. The highest BCUT2D eigenvalue weighted by Gasteiger charge is 2.09. The first-order chi connectivity index (χ1) is 12.0. The topological polar surface area (TPSA) is 67.9 Å². The summed E-state index contributed by atoms with van der Waals surface area (Å²) in [6.45, 7) is 0.266. The van der Waals surface area contributed by atoms with Crippen LogP contribution in [0.15, 0.2) is 48.5 Å². The standard InChI is InChI=1S/C19H22N2O4/c1-21(2)19(23)15-10-8-14(9-11-15)12-20-18(22)13-25-17-7-5-4-6-16(17)24-3/h4-11H,12-13H2,1-3H3,(H,20,22). The lowest BCUT2D eigenvalue weighted by Crippen LogP contribution is -2.28. The van der Waals surface area contributed by atoms with Crippen molar-refractivity contribution in [3.63, 3.8) is 0 Å². The lowest BCUT2D eigenvalue weighted by molar-refractivity contribution is -0.123. The summed E-state index contributed by atoms with van der Waals surface area (Å²) in [5, 5.41) is 2.78. The molecule has 2 amide bonds. The second kappa shape index (κ2) is 8.73. The van der Waals surface area contributed by atoms with Crippen molar-refractivity contribution in [3.8, 4) is 11.5 Å². The van der Waals surface area contributed by atoms with Gasteiger partial charge in [-0.2, -0.15) is 0 Å². The first kappa shape index (κ1) is 18.3. The summed E-state index contributed by atoms with van der Waals surface area (Å²) in [7, 11) is 4.96. The molecule has 6 nitrogen and oxygen atoms in total. The van der Waals surface area contributed by atoms with Crippen LogP contribution in [0.3, 0.4) is 0 Å². The molecule has 0 bridgehead atoms. The van der Waals surface area contributed by atoms with E-state index in [-0.39, 0.29) is 18.4 Å². The minimum Gasteiger partial charge on any atom is -0.493 e. The van der Waals surface area contributed by atoms with Gasteiger partial charge in [0.2, 0.25) is 0 Å². The van der Waals surface area contributed by atoms with Gasteiger partial charge in [-0.1, -0.05) is 24.3 Å². The van der Waals surface area contributed by atoms with Crippen LogP contribution in [0.1, 0.15) is 15.9 Å². The molecule has 1 N–H and O–H groups in total. The van der Waals surface area contributed by atoms with Gasteiger partial charge in [0, 0.05) is 26.2 Å². The van der Waals surface area contributed by atoms with Crippen molar-refractivity contribution in [2.45, 2.75) is 6.54 Å². The van der Waals surface area contributed by atoms with Gasteiger partial charge in [-0.15, -0.1) is 0 Å². The number of hydrogen-bond donors (Lipinski definition) is 1. The van der Waals surface area contributed by atoms with Crippen LogP contribution in [0.2, 0.25) is 0 Å². The lowest BCUT2D eigenvalue weighted by Gasteiger charge is -2.12.